The Kier molecular flexibility index (Phi) is 9.22. The highest BCUT2D eigenvalue weighted by atomic mass is 16.5. The highest BCUT2D eigenvalue weighted by Crippen LogP contribution is 2.22. The first-order valence-corrected chi connectivity index (χ1v) is 11.8. The highest BCUT2D eigenvalue weighted by Gasteiger charge is 2.29. The molecular weight excluding hydrogens is 432 g/mol. The van der Waals surface area contributed by atoms with Crippen molar-refractivity contribution in [3.05, 3.63) is 65.2 Å². The topological polar surface area (TPSA) is 76.2 Å². The summed E-state index contributed by atoms with van der Waals surface area (Å²) in [5.74, 6) is -0.610. The van der Waals surface area contributed by atoms with Crippen molar-refractivity contribution in [3.63, 3.8) is 0 Å². The molecule has 7 heteroatoms. The first-order chi connectivity index (χ1) is 16.4. The minimum Gasteiger partial charge on any atom is -0.466 e. The lowest BCUT2D eigenvalue weighted by Gasteiger charge is -2.31. The van der Waals surface area contributed by atoms with Crippen molar-refractivity contribution in [2.75, 3.05) is 38.3 Å². The van der Waals surface area contributed by atoms with Crippen molar-refractivity contribution in [2.24, 2.45) is 5.92 Å². The quantitative estimate of drug-likeness (QED) is 0.529. The van der Waals surface area contributed by atoms with Gasteiger partial charge in [0.15, 0.2) is 0 Å². The van der Waals surface area contributed by atoms with Gasteiger partial charge in [-0.15, -0.1) is 0 Å². The van der Waals surface area contributed by atoms with E-state index in [1.165, 1.54) is 7.11 Å². The molecule has 182 valence electrons. The fourth-order valence-electron chi connectivity index (χ4n) is 4.25. The Morgan fingerprint density at radius 2 is 1.85 bits per heavy atom. The van der Waals surface area contributed by atoms with Gasteiger partial charge < -0.3 is 19.3 Å². The second-order valence-corrected chi connectivity index (χ2v) is 8.68. The normalized spacial score (nSPS) is 15.6. The molecule has 1 heterocycles. The molecule has 0 saturated carbocycles. The van der Waals surface area contributed by atoms with Crippen LogP contribution in [0, 0.1) is 12.8 Å². The smallest absolute Gasteiger partial charge is 0.310 e. The second kappa shape index (κ2) is 12.3. The van der Waals surface area contributed by atoms with Crippen molar-refractivity contribution in [2.45, 2.75) is 39.7 Å². The number of hydrogen-bond donors (Lipinski definition) is 0. The molecule has 3 rings (SSSR count). The number of piperidine rings is 1. The number of ether oxygens (including phenoxy) is 2. The number of esters is 1. The van der Waals surface area contributed by atoms with Gasteiger partial charge >= 0.3 is 5.97 Å². The number of benzene rings is 2. The number of carbonyl (C=O) groups excluding carboxylic acids is 3. The summed E-state index contributed by atoms with van der Waals surface area (Å²) in [5.41, 5.74) is 3.78. The monoisotopic (exact) mass is 466 g/mol. The van der Waals surface area contributed by atoms with Gasteiger partial charge in [-0.25, -0.2) is 0 Å². The van der Waals surface area contributed by atoms with Gasteiger partial charge in [-0.2, -0.15) is 0 Å². The van der Waals surface area contributed by atoms with Crippen LogP contribution in [0.2, 0.25) is 0 Å². The van der Waals surface area contributed by atoms with Gasteiger partial charge in [0.1, 0.15) is 6.61 Å². The Balaban J connectivity index is 1.67. The maximum Gasteiger partial charge on any atom is 0.310 e. The average molecular weight is 467 g/mol. The van der Waals surface area contributed by atoms with E-state index >= 15 is 0 Å². The van der Waals surface area contributed by atoms with Crippen LogP contribution < -0.4 is 4.90 Å². The van der Waals surface area contributed by atoms with Crippen molar-refractivity contribution in [3.8, 4) is 0 Å². The van der Waals surface area contributed by atoms with Crippen LogP contribution in [0.15, 0.2) is 48.5 Å². The third-order valence-corrected chi connectivity index (χ3v) is 5.99. The third kappa shape index (κ3) is 6.90. The van der Waals surface area contributed by atoms with E-state index < -0.39 is 0 Å². The van der Waals surface area contributed by atoms with Crippen molar-refractivity contribution < 1.29 is 23.9 Å². The fraction of sp³-hybridized carbons (Fsp3) is 0.444. The standard InChI is InChI=1S/C27H34N2O5/c1-4-34-27(32)23-9-6-14-28(18-23)25(30)16-21-10-12-24(13-11-21)29(26(31)19-33-3)17-22-8-5-7-20(2)15-22/h5,7-8,10-13,15,23H,4,6,9,14,16-19H2,1-3H3/t23-/m0/s1. The molecule has 0 N–H and O–H groups in total. The molecular formula is C27H34N2O5. The van der Waals surface area contributed by atoms with Gasteiger partial charge in [-0.1, -0.05) is 42.0 Å². The summed E-state index contributed by atoms with van der Waals surface area (Å²) in [6, 6.07) is 15.5. The van der Waals surface area contributed by atoms with Gasteiger partial charge in [0.05, 0.1) is 25.5 Å². The van der Waals surface area contributed by atoms with Gasteiger partial charge in [-0.3, -0.25) is 14.4 Å². The number of nitrogens with zero attached hydrogens (tertiary/aromatic N) is 2. The minimum absolute atomic E-state index is 0.00572. The maximum absolute atomic E-state index is 12.9. The lowest BCUT2D eigenvalue weighted by molar-refractivity contribution is -0.151. The van der Waals surface area contributed by atoms with Gasteiger partial charge in [0, 0.05) is 25.9 Å². The molecule has 2 amide bonds. The predicted molar refractivity (Wildman–Crippen MR) is 130 cm³/mol. The van der Waals surface area contributed by atoms with Gasteiger partial charge in [-0.05, 0) is 49.9 Å². The first-order valence-electron chi connectivity index (χ1n) is 11.8. The number of rotatable bonds is 9. The van der Waals surface area contributed by atoms with Crippen LogP contribution in [0.5, 0.6) is 0 Å². The van der Waals surface area contributed by atoms with Crippen LogP contribution >= 0.6 is 0 Å². The van der Waals surface area contributed by atoms with E-state index in [2.05, 4.69) is 6.07 Å². The zero-order valence-electron chi connectivity index (χ0n) is 20.3. The number of likely N-dealkylation sites (tertiary alicyclic amines) is 1. The molecule has 1 atom stereocenters. The van der Waals surface area contributed by atoms with Crippen molar-refractivity contribution in [1.82, 2.24) is 4.90 Å². The average Bonchev–Trinajstić information content (AvgIpc) is 2.83. The Bertz CT molecular complexity index is 989. The maximum atomic E-state index is 12.9. The van der Waals surface area contributed by atoms with Crippen LogP contribution in [-0.4, -0.2) is 56.1 Å². The summed E-state index contributed by atoms with van der Waals surface area (Å²) in [6.07, 6.45) is 1.80. The summed E-state index contributed by atoms with van der Waals surface area (Å²) in [6.45, 7) is 5.65. The van der Waals surface area contributed by atoms with E-state index in [9.17, 15) is 14.4 Å². The number of hydrogen-bond acceptors (Lipinski definition) is 5. The highest BCUT2D eigenvalue weighted by molar-refractivity contribution is 5.94. The Hall–Kier alpha value is -3.19. The van der Waals surface area contributed by atoms with E-state index in [1.807, 2.05) is 49.4 Å². The Morgan fingerprint density at radius 3 is 2.53 bits per heavy atom. The number of methoxy groups -OCH3 is 1. The molecule has 0 spiro atoms. The van der Waals surface area contributed by atoms with E-state index in [1.54, 1.807) is 16.7 Å². The molecule has 0 aliphatic carbocycles. The summed E-state index contributed by atoms with van der Waals surface area (Å²) < 4.78 is 10.2. The molecule has 2 aromatic rings. The zero-order chi connectivity index (χ0) is 24.5. The van der Waals surface area contributed by atoms with Crippen molar-refractivity contribution >= 4 is 23.5 Å². The zero-order valence-corrected chi connectivity index (χ0v) is 20.3. The molecule has 0 aromatic heterocycles. The molecule has 0 bridgehead atoms. The molecule has 0 radical (unpaired) electrons. The van der Waals surface area contributed by atoms with E-state index in [4.69, 9.17) is 9.47 Å². The molecule has 1 aliphatic rings. The minimum atomic E-state index is -0.248. The van der Waals surface area contributed by atoms with Crippen molar-refractivity contribution in [1.29, 1.82) is 0 Å². The third-order valence-electron chi connectivity index (χ3n) is 5.99. The predicted octanol–water partition coefficient (Wildman–Crippen LogP) is 3.52. The summed E-state index contributed by atoms with van der Waals surface area (Å²) in [7, 11) is 1.50. The number of carbonyl (C=O) groups is 3. The molecule has 1 saturated heterocycles. The van der Waals surface area contributed by atoms with Crippen LogP contribution in [0.25, 0.3) is 0 Å². The summed E-state index contributed by atoms with van der Waals surface area (Å²) >= 11 is 0. The van der Waals surface area contributed by atoms with Crippen LogP contribution in [-0.2, 0) is 36.8 Å². The molecule has 7 nitrogen and oxygen atoms in total. The SMILES string of the molecule is CCOC(=O)[C@H]1CCCN(C(=O)Cc2ccc(N(Cc3cccc(C)c3)C(=O)COC)cc2)C1. The molecule has 1 aliphatic heterocycles. The Labute approximate surface area is 201 Å². The summed E-state index contributed by atoms with van der Waals surface area (Å²) in [5, 5.41) is 0. The van der Waals surface area contributed by atoms with Crippen LogP contribution in [0.4, 0.5) is 5.69 Å². The second-order valence-electron chi connectivity index (χ2n) is 8.68. The van der Waals surface area contributed by atoms with E-state index in [0.29, 0.717) is 26.2 Å². The molecule has 1 fully saturated rings. The van der Waals surface area contributed by atoms with Crippen LogP contribution in [0.3, 0.4) is 0 Å². The largest absolute Gasteiger partial charge is 0.466 e. The lowest BCUT2D eigenvalue weighted by atomic mass is 9.97. The number of anilines is 1. The lowest BCUT2D eigenvalue weighted by Crippen LogP contribution is -2.43. The number of aryl methyl sites for hydroxylation is 1. The van der Waals surface area contributed by atoms with Gasteiger partial charge in [0.25, 0.3) is 5.91 Å². The first kappa shape index (κ1) is 25.4. The molecule has 2 aromatic carbocycles. The molecule has 34 heavy (non-hydrogen) atoms. The summed E-state index contributed by atoms with van der Waals surface area (Å²) in [4.78, 5) is 41.1. The van der Waals surface area contributed by atoms with Gasteiger partial charge in [0.2, 0.25) is 5.91 Å². The van der Waals surface area contributed by atoms with E-state index in [0.717, 1.165) is 35.2 Å². The van der Waals surface area contributed by atoms with E-state index in [-0.39, 0.29) is 36.7 Å². The van der Waals surface area contributed by atoms with Crippen LogP contribution in [0.1, 0.15) is 36.5 Å². The Morgan fingerprint density at radius 1 is 1.09 bits per heavy atom. The fourth-order valence-corrected chi connectivity index (χ4v) is 4.25. The number of amides is 2. The molecule has 0 unspecified atom stereocenters.